The number of nitrogens with one attached hydrogen (secondary N) is 1. The second kappa shape index (κ2) is 4.93. The molecule has 14 heavy (non-hydrogen) atoms. The van der Waals surface area contributed by atoms with Crippen LogP contribution in [-0.4, -0.2) is 28.6 Å². The van der Waals surface area contributed by atoms with Crippen LogP contribution in [0.25, 0.3) is 0 Å². The van der Waals surface area contributed by atoms with Crippen LogP contribution in [-0.2, 0) is 0 Å². The minimum Gasteiger partial charge on any atom is -0.392 e. The van der Waals surface area contributed by atoms with Crippen LogP contribution in [0.4, 0.5) is 0 Å². The number of halogens is 1. The lowest BCUT2D eigenvalue weighted by atomic mass is 10.2. The van der Waals surface area contributed by atoms with Gasteiger partial charge in [0.15, 0.2) is 0 Å². The standard InChI is InChI=1S/C9H11ClN2O2/c1-6(13)4-12-9(14)7-2-3-11-5-8(7)10/h2-3,5-6,13H,4H2,1H3,(H,12,14)/t6-/m0/s1. The molecule has 0 fully saturated rings. The van der Waals surface area contributed by atoms with Gasteiger partial charge in [-0.15, -0.1) is 0 Å². The van der Waals surface area contributed by atoms with Gasteiger partial charge in [-0.25, -0.2) is 0 Å². The van der Waals surface area contributed by atoms with E-state index in [-0.39, 0.29) is 12.5 Å². The molecule has 0 aliphatic carbocycles. The quantitative estimate of drug-likeness (QED) is 0.784. The fourth-order valence-corrected chi connectivity index (χ4v) is 1.10. The zero-order chi connectivity index (χ0) is 10.6. The Morgan fingerprint density at radius 2 is 2.50 bits per heavy atom. The van der Waals surface area contributed by atoms with Crippen LogP contribution in [0.1, 0.15) is 17.3 Å². The molecule has 0 saturated carbocycles. The van der Waals surface area contributed by atoms with Gasteiger partial charge in [-0.05, 0) is 13.0 Å². The van der Waals surface area contributed by atoms with E-state index in [4.69, 9.17) is 16.7 Å². The number of pyridine rings is 1. The fourth-order valence-electron chi connectivity index (χ4n) is 0.895. The van der Waals surface area contributed by atoms with Crippen LogP contribution in [0, 0.1) is 0 Å². The van der Waals surface area contributed by atoms with Gasteiger partial charge in [0, 0.05) is 18.9 Å². The third-order valence-corrected chi connectivity index (χ3v) is 1.88. The summed E-state index contributed by atoms with van der Waals surface area (Å²) in [4.78, 5) is 15.2. The monoisotopic (exact) mass is 214 g/mol. The first kappa shape index (κ1) is 10.9. The highest BCUT2D eigenvalue weighted by Gasteiger charge is 2.09. The number of rotatable bonds is 3. The van der Waals surface area contributed by atoms with Crippen LogP contribution in [0.5, 0.6) is 0 Å². The molecule has 0 saturated heterocycles. The minimum absolute atomic E-state index is 0.206. The molecule has 1 amide bonds. The zero-order valence-electron chi connectivity index (χ0n) is 7.70. The molecule has 0 bridgehead atoms. The first-order valence-corrected chi connectivity index (χ1v) is 4.55. The summed E-state index contributed by atoms with van der Waals surface area (Å²) in [5.74, 6) is -0.307. The molecule has 1 aromatic rings. The van der Waals surface area contributed by atoms with Crippen LogP contribution >= 0.6 is 11.6 Å². The zero-order valence-corrected chi connectivity index (χ0v) is 8.45. The maximum Gasteiger partial charge on any atom is 0.252 e. The Morgan fingerprint density at radius 3 is 3.07 bits per heavy atom. The Balaban J connectivity index is 2.65. The second-order valence-corrected chi connectivity index (χ2v) is 3.32. The molecule has 0 spiro atoms. The fraction of sp³-hybridized carbons (Fsp3) is 0.333. The number of carbonyl (C=O) groups excluding carboxylic acids is 1. The Morgan fingerprint density at radius 1 is 1.79 bits per heavy atom. The summed E-state index contributed by atoms with van der Waals surface area (Å²) in [5, 5.41) is 11.8. The summed E-state index contributed by atoms with van der Waals surface area (Å²) in [6.07, 6.45) is 2.32. The van der Waals surface area contributed by atoms with Gasteiger partial charge in [0.2, 0.25) is 0 Å². The highest BCUT2D eigenvalue weighted by Crippen LogP contribution is 2.12. The van der Waals surface area contributed by atoms with Crippen molar-refractivity contribution in [2.75, 3.05) is 6.54 Å². The van der Waals surface area contributed by atoms with Gasteiger partial charge in [-0.2, -0.15) is 0 Å². The highest BCUT2D eigenvalue weighted by molar-refractivity contribution is 6.33. The Labute approximate surface area is 86.9 Å². The van der Waals surface area contributed by atoms with E-state index in [2.05, 4.69) is 10.3 Å². The van der Waals surface area contributed by atoms with Gasteiger partial charge in [0.25, 0.3) is 5.91 Å². The van der Waals surface area contributed by atoms with E-state index in [0.29, 0.717) is 10.6 Å². The van der Waals surface area contributed by atoms with Crippen molar-refractivity contribution in [2.24, 2.45) is 0 Å². The van der Waals surface area contributed by atoms with Crippen LogP contribution in [0.3, 0.4) is 0 Å². The first-order chi connectivity index (χ1) is 6.61. The Hall–Kier alpha value is -1.13. The lowest BCUT2D eigenvalue weighted by Gasteiger charge is -2.07. The number of aliphatic hydroxyl groups is 1. The van der Waals surface area contributed by atoms with E-state index >= 15 is 0 Å². The highest BCUT2D eigenvalue weighted by atomic mass is 35.5. The van der Waals surface area contributed by atoms with Gasteiger partial charge < -0.3 is 10.4 Å². The van der Waals surface area contributed by atoms with Crippen LogP contribution < -0.4 is 5.32 Å². The smallest absolute Gasteiger partial charge is 0.252 e. The van der Waals surface area contributed by atoms with E-state index in [1.54, 1.807) is 6.92 Å². The summed E-state index contributed by atoms with van der Waals surface area (Å²) in [6, 6.07) is 1.53. The molecule has 76 valence electrons. The van der Waals surface area contributed by atoms with Gasteiger partial charge >= 0.3 is 0 Å². The van der Waals surface area contributed by atoms with Crippen molar-refractivity contribution in [1.82, 2.24) is 10.3 Å². The second-order valence-electron chi connectivity index (χ2n) is 2.91. The van der Waals surface area contributed by atoms with E-state index in [1.165, 1.54) is 18.5 Å². The van der Waals surface area contributed by atoms with Crippen molar-refractivity contribution >= 4 is 17.5 Å². The van der Waals surface area contributed by atoms with Crippen molar-refractivity contribution in [1.29, 1.82) is 0 Å². The molecule has 1 aromatic heterocycles. The SMILES string of the molecule is C[C@H](O)CNC(=O)c1ccncc1Cl. The number of aliphatic hydroxyl groups excluding tert-OH is 1. The molecule has 4 nitrogen and oxygen atoms in total. The maximum atomic E-state index is 11.4. The molecule has 0 aliphatic rings. The third kappa shape index (κ3) is 2.97. The Bertz CT molecular complexity index is 328. The summed E-state index contributed by atoms with van der Waals surface area (Å²) in [5.41, 5.74) is 0.363. The van der Waals surface area contributed by atoms with Crippen LogP contribution in [0.2, 0.25) is 5.02 Å². The average molecular weight is 215 g/mol. The summed E-state index contributed by atoms with van der Waals surface area (Å²) in [7, 11) is 0. The molecule has 0 unspecified atom stereocenters. The van der Waals surface area contributed by atoms with Gasteiger partial charge in [-0.3, -0.25) is 9.78 Å². The molecule has 0 aliphatic heterocycles. The molecule has 1 heterocycles. The molecule has 1 rings (SSSR count). The minimum atomic E-state index is -0.570. The number of hydrogen-bond acceptors (Lipinski definition) is 3. The number of aromatic nitrogens is 1. The molecule has 0 aromatic carbocycles. The first-order valence-electron chi connectivity index (χ1n) is 4.17. The van der Waals surface area contributed by atoms with Crippen LogP contribution in [0.15, 0.2) is 18.5 Å². The summed E-state index contributed by atoms with van der Waals surface area (Å²) in [6.45, 7) is 1.80. The molecular weight excluding hydrogens is 204 g/mol. The van der Waals surface area contributed by atoms with E-state index in [9.17, 15) is 4.79 Å². The molecule has 5 heteroatoms. The van der Waals surface area contributed by atoms with Crippen molar-refractivity contribution in [3.8, 4) is 0 Å². The molecule has 2 N–H and O–H groups in total. The van der Waals surface area contributed by atoms with Gasteiger partial charge in [0.1, 0.15) is 0 Å². The van der Waals surface area contributed by atoms with Crippen molar-refractivity contribution in [3.63, 3.8) is 0 Å². The molecular formula is C9H11ClN2O2. The van der Waals surface area contributed by atoms with E-state index < -0.39 is 6.10 Å². The number of nitrogens with zero attached hydrogens (tertiary/aromatic N) is 1. The lowest BCUT2D eigenvalue weighted by molar-refractivity contribution is 0.0924. The number of amides is 1. The van der Waals surface area contributed by atoms with E-state index in [0.717, 1.165) is 0 Å². The van der Waals surface area contributed by atoms with Crippen molar-refractivity contribution in [3.05, 3.63) is 29.0 Å². The molecule has 1 atom stereocenters. The predicted molar refractivity (Wildman–Crippen MR) is 53.3 cm³/mol. The number of hydrogen-bond donors (Lipinski definition) is 2. The summed E-state index contributed by atoms with van der Waals surface area (Å²) < 4.78 is 0. The molecule has 0 radical (unpaired) electrons. The topological polar surface area (TPSA) is 62.2 Å². The maximum absolute atomic E-state index is 11.4. The largest absolute Gasteiger partial charge is 0.392 e. The van der Waals surface area contributed by atoms with Crippen molar-refractivity contribution in [2.45, 2.75) is 13.0 Å². The third-order valence-electron chi connectivity index (χ3n) is 1.58. The number of carbonyl (C=O) groups is 1. The van der Waals surface area contributed by atoms with E-state index in [1.807, 2.05) is 0 Å². The normalized spacial score (nSPS) is 12.2. The lowest BCUT2D eigenvalue weighted by Crippen LogP contribution is -2.30. The van der Waals surface area contributed by atoms with Gasteiger partial charge in [-0.1, -0.05) is 11.6 Å². The average Bonchev–Trinajstić information content (AvgIpc) is 2.15. The Kier molecular flexibility index (Phi) is 3.85. The van der Waals surface area contributed by atoms with Gasteiger partial charge in [0.05, 0.1) is 16.7 Å². The predicted octanol–water partition coefficient (Wildman–Crippen LogP) is 0.846. The van der Waals surface area contributed by atoms with Crippen molar-refractivity contribution < 1.29 is 9.90 Å². The summed E-state index contributed by atoms with van der Waals surface area (Å²) >= 11 is 5.75.